The maximum Gasteiger partial charge on any atom is 0.279 e. The molecule has 0 spiro atoms. The van der Waals surface area contributed by atoms with Crippen LogP contribution in [0.5, 0.6) is 0 Å². The first kappa shape index (κ1) is 21.0. The number of thiazole rings is 1. The van der Waals surface area contributed by atoms with Crippen LogP contribution in [0, 0.1) is 0 Å². The maximum atomic E-state index is 12.6. The van der Waals surface area contributed by atoms with Gasteiger partial charge in [-0.05, 0) is 36.4 Å². The molecular formula is C18H16Cl2N2O4S2. The highest BCUT2D eigenvalue weighted by molar-refractivity contribution is 7.90. The Hall–Kier alpha value is -1.71. The molecule has 0 radical (unpaired) electrons. The van der Waals surface area contributed by atoms with Crippen LogP contribution in [0.4, 0.5) is 0 Å². The van der Waals surface area contributed by atoms with Crippen molar-refractivity contribution in [2.75, 3.05) is 20.0 Å². The number of benzene rings is 2. The molecule has 0 N–H and O–H groups in total. The van der Waals surface area contributed by atoms with E-state index in [1.807, 2.05) is 0 Å². The smallest absolute Gasteiger partial charge is 0.279 e. The zero-order chi connectivity index (χ0) is 20.5. The molecule has 6 nitrogen and oxygen atoms in total. The van der Waals surface area contributed by atoms with E-state index in [1.54, 1.807) is 23.8 Å². The number of ether oxygens (including phenoxy) is 1. The van der Waals surface area contributed by atoms with E-state index in [0.717, 1.165) is 11.0 Å². The van der Waals surface area contributed by atoms with Crippen LogP contribution in [0.15, 0.2) is 46.3 Å². The summed E-state index contributed by atoms with van der Waals surface area (Å²) in [5, 5.41) is 1.01. The molecule has 1 amide bonds. The zero-order valence-corrected chi connectivity index (χ0v) is 18.1. The SMILES string of the molecule is COCCn1c(=NC(=O)c2ccc(S(C)(=O)=O)cc2)sc2c(Cl)ccc(Cl)c21. The highest BCUT2D eigenvalue weighted by Crippen LogP contribution is 2.31. The van der Waals surface area contributed by atoms with Gasteiger partial charge >= 0.3 is 0 Å². The number of nitrogens with zero attached hydrogens (tertiary/aromatic N) is 2. The quantitative estimate of drug-likeness (QED) is 0.582. The number of hydrogen-bond acceptors (Lipinski definition) is 5. The number of aromatic nitrogens is 1. The second-order valence-electron chi connectivity index (χ2n) is 5.95. The van der Waals surface area contributed by atoms with Crippen molar-refractivity contribution in [2.24, 2.45) is 4.99 Å². The van der Waals surface area contributed by atoms with Crippen molar-refractivity contribution in [1.82, 2.24) is 4.57 Å². The van der Waals surface area contributed by atoms with Crippen molar-refractivity contribution in [3.8, 4) is 0 Å². The van der Waals surface area contributed by atoms with E-state index in [-0.39, 0.29) is 10.5 Å². The lowest BCUT2D eigenvalue weighted by atomic mass is 10.2. The van der Waals surface area contributed by atoms with Gasteiger partial charge in [-0.15, -0.1) is 0 Å². The van der Waals surface area contributed by atoms with Crippen molar-refractivity contribution in [3.63, 3.8) is 0 Å². The van der Waals surface area contributed by atoms with Crippen molar-refractivity contribution >= 4 is 60.5 Å². The lowest BCUT2D eigenvalue weighted by Gasteiger charge is -2.06. The molecular weight excluding hydrogens is 443 g/mol. The Kier molecular flexibility index (Phi) is 6.26. The van der Waals surface area contributed by atoms with E-state index < -0.39 is 15.7 Å². The second-order valence-corrected chi connectivity index (χ2v) is 9.76. The first-order valence-corrected chi connectivity index (χ1v) is 11.5. The standard InChI is InChI=1S/C18H16Cl2N2O4S2/c1-26-10-9-22-15-13(19)7-8-14(20)16(15)27-18(22)21-17(23)11-3-5-12(6-4-11)28(2,24)25/h3-8H,9-10H2,1-2H3. The van der Waals surface area contributed by atoms with Crippen LogP contribution >= 0.6 is 34.5 Å². The summed E-state index contributed by atoms with van der Waals surface area (Å²) in [6.45, 7) is 0.842. The van der Waals surface area contributed by atoms with E-state index in [1.165, 1.54) is 35.6 Å². The van der Waals surface area contributed by atoms with E-state index >= 15 is 0 Å². The molecule has 0 saturated carbocycles. The molecule has 0 aliphatic heterocycles. The molecule has 0 atom stereocenters. The highest BCUT2D eigenvalue weighted by atomic mass is 35.5. The Bertz CT molecular complexity index is 1210. The number of carbonyl (C=O) groups excluding carboxylic acids is 1. The van der Waals surface area contributed by atoms with Crippen LogP contribution in [0.2, 0.25) is 10.0 Å². The molecule has 0 aliphatic carbocycles. The summed E-state index contributed by atoms with van der Waals surface area (Å²) >= 11 is 13.9. The van der Waals surface area contributed by atoms with Crippen LogP contribution < -0.4 is 4.80 Å². The molecule has 0 saturated heterocycles. The first-order valence-electron chi connectivity index (χ1n) is 8.08. The minimum atomic E-state index is -3.34. The van der Waals surface area contributed by atoms with Gasteiger partial charge in [-0.1, -0.05) is 34.5 Å². The van der Waals surface area contributed by atoms with Gasteiger partial charge in [0.15, 0.2) is 14.6 Å². The van der Waals surface area contributed by atoms with E-state index in [2.05, 4.69) is 4.99 Å². The Morgan fingerprint density at radius 2 is 1.79 bits per heavy atom. The lowest BCUT2D eigenvalue weighted by molar-refractivity contribution is 0.0997. The average molecular weight is 459 g/mol. The molecule has 3 rings (SSSR count). The Morgan fingerprint density at radius 3 is 2.39 bits per heavy atom. The van der Waals surface area contributed by atoms with Crippen LogP contribution in [0.25, 0.3) is 10.2 Å². The van der Waals surface area contributed by atoms with Gasteiger partial charge in [0.05, 0.1) is 31.8 Å². The lowest BCUT2D eigenvalue weighted by Crippen LogP contribution is -2.19. The van der Waals surface area contributed by atoms with Gasteiger partial charge in [-0.25, -0.2) is 8.42 Å². The largest absolute Gasteiger partial charge is 0.383 e. The maximum absolute atomic E-state index is 12.6. The summed E-state index contributed by atoms with van der Waals surface area (Å²) in [6, 6.07) is 9.03. The van der Waals surface area contributed by atoms with Crippen molar-refractivity contribution in [2.45, 2.75) is 11.4 Å². The molecule has 28 heavy (non-hydrogen) atoms. The normalized spacial score (nSPS) is 12.6. The number of halogens is 2. The third kappa shape index (κ3) is 4.31. The summed E-state index contributed by atoms with van der Waals surface area (Å²) in [5.41, 5.74) is 0.968. The third-order valence-corrected chi connectivity index (χ3v) is 6.95. The number of fused-ring (bicyclic) bond motifs is 1. The summed E-state index contributed by atoms with van der Waals surface area (Å²) in [6.07, 6.45) is 1.11. The molecule has 10 heteroatoms. The van der Waals surface area contributed by atoms with E-state index in [0.29, 0.717) is 33.5 Å². The minimum Gasteiger partial charge on any atom is -0.383 e. The number of hydrogen-bond donors (Lipinski definition) is 0. The van der Waals surface area contributed by atoms with Crippen molar-refractivity contribution in [1.29, 1.82) is 0 Å². The van der Waals surface area contributed by atoms with Crippen molar-refractivity contribution in [3.05, 3.63) is 56.8 Å². The average Bonchev–Trinajstić information content (AvgIpc) is 3.01. The van der Waals surface area contributed by atoms with Crippen LogP contribution in [0.3, 0.4) is 0 Å². The zero-order valence-electron chi connectivity index (χ0n) is 15.0. The Balaban J connectivity index is 2.11. The number of sulfone groups is 1. The van der Waals surface area contributed by atoms with Crippen molar-refractivity contribution < 1.29 is 17.9 Å². The molecule has 1 aromatic heterocycles. The minimum absolute atomic E-state index is 0.139. The predicted octanol–water partition coefficient (Wildman–Crippen LogP) is 3.80. The molecule has 0 aliphatic rings. The van der Waals surface area contributed by atoms with Gasteiger partial charge in [0.25, 0.3) is 5.91 Å². The Morgan fingerprint density at radius 1 is 1.14 bits per heavy atom. The highest BCUT2D eigenvalue weighted by Gasteiger charge is 2.15. The number of amides is 1. The number of rotatable bonds is 5. The van der Waals surface area contributed by atoms with E-state index in [4.69, 9.17) is 27.9 Å². The fraction of sp³-hybridized carbons (Fsp3) is 0.222. The molecule has 0 fully saturated rings. The number of carbonyl (C=O) groups is 1. The summed E-state index contributed by atoms with van der Waals surface area (Å²) in [4.78, 5) is 17.4. The summed E-state index contributed by atoms with van der Waals surface area (Å²) < 4.78 is 30.8. The van der Waals surface area contributed by atoms with Gasteiger partial charge in [-0.2, -0.15) is 4.99 Å². The predicted molar refractivity (Wildman–Crippen MR) is 111 cm³/mol. The van der Waals surface area contributed by atoms with Crippen LogP contribution in [-0.4, -0.2) is 38.9 Å². The molecule has 3 aromatic rings. The topological polar surface area (TPSA) is 77.7 Å². The van der Waals surface area contributed by atoms with Gasteiger partial charge in [0.1, 0.15) is 0 Å². The summed E-state index contributed by atoms with van der Waals surface area (Å²) in [5.74, 6) is -0.495. The monoisotopic (exact) mass is 458 g/mol. The van der Waals surface area contributed by atoms with Crippen LogP contribution in [0.1, 0.15) is 10.4 Å². The fourth-order valence-electron chi connectivity index (χ4n) is 2.58. The third-order valence-electron chi connectivity index (χ3n) is 3.97. The van der Waals surface area contributed by atoms with Gasteiger partial charge in [-0.3, -0.25) is 4.79 Å². The molecule has 2 aromatic carbocycles. The van der Waals surface area contributed by atoms with Gasteiger partial charge in [0, 0.05) is 25.5 Å². The fourth-order valence-corrected chi connectivity index (χ4v) is 4.88. The molecule has 148 valence electrons. The second kappa shape index (κ2) is 8.34. The Labute approximate surface area is 175 Å². The molecule has 1 heterocycles. The first-order chi connectivity index (χ1) is 13.2. The van der Waals surface area contributed by atoms with Gasteiger partial charge in [0.2, 0.25) is 0 Å². The molecule has 0 bridgehead atoms. The molecule has 0 unspecified atom stereocenters. The van der Waals surface area contributed by atoms with E-state index in [9.17, 15) is 13.2 Å². The van der Waals surface area contributed by atoms with Crippen LogP contribution in [-0.2, 0) is 21.1 Å². The number of methoxy groups -OCH3 is 1. The van der Waals surface area contributed by atoms with Gasteiger partial charge < -0.3 is 9.30 Å². The summed E-state index contributed by atoms with van der Waals surface area (Å²) in [7, 11) is -1.76.